The Morgan fingerprint density at radius 1 is 0.860 bits per heavy atom. The molecule has 0 amide bonds. The third-order valence-electron chi connectivity index (χ3n) is 11.1. The Morgan fingerprint density at radius 2 is 1.44 bits per heavy atom. The molecule has 0 bridgehead atoms. The molecule has 1 aromatic heterocycles. The fraction of sp³-hybridized carbons (Fsp3) is 0.522. The van der Waals surface area contributed by atoms with E-state index in [0.29, 0.717) is 18.4 Å². The van der Waals surface area contributed by atoms with Crippen molar-refractivity contribution in [1.82, 2.24) is 5.32 Å². The van der Waals surface area contributed by atoms with Crippen molar-refractivity contribution in [3.8, 4) is 0 Å². The molecule has 1 heterocycles. The molecule has 3 nitrogen and oxygen atoms in total. The first-order valence-electron chi connectivity index (χ1n) is 18.9. The summed E-state index contributed by atoms with van der Waals surface area (Å²) in [5, 5.41) is 8.52. The van der Waals surface area contributed by atoms with Crippen LogP contribution in [0.25, 0.3) is 11.0 Å². The van der Waals surface area contributed by atoms with Crippen molar-refractivity contribution in [3.63, 3.8) is 0 Å². The Morgan fingerprint density at radius 3 is 1.96 bits per heavy atom. The highest BCUT2D eigenvalue weighted by atomic mass is 16.3. The Bertz CT molecular complexity index is 1660. The second-order valence-corrected chi connectivity index (χ2v) is 19.3. The van der Waals surface area contributed by atoms with Crippen LogP contribution in [-0.2, 0) is 16.2 Å². The third-order valence-corrected chi connectivity index (χ3v) is 11.1. The van der Waals surface area contributed by atoms with E-state index in [1.807, 2.05) is 0 Å². The number of fused-ring (bicyclic) bond motifs is 2. The highest BCUT2D eigenvalue weighted by molar-refractivity contribution is 6.83. The minimum absolute atomic E-state index is 0.0402. The summed E-state index contributed by atoms with van der Waals surface area (Å²) in [6.45, 7) is 37.2. The van der Waals surface area contributed by atoms with E-state index in [0.717, 1.165) is 16.9 Å². The second-order valence-electron chi connectivity index (χ2n) is 19.3. The molecular weight excluding hydrogens is 607 g/mol. The first kappa shape index (κ1) is 39.4. The van der Waals surface area contributed by atoms with E-state index in [2.05, 4.69) is 193 Å². The van der Waals surface area contributed by atoms with Gasteiger partial charge in [0.1, 0.15) is 5.58 Å². The largest absolute Gasteiger partial charge is 0.470 e. The molecule has 0 spiro atoms. The van der Waals surface area contributed by atoms with Crippen LogP contribution in [0, 0.1) is 22.7 Å². The normalized spacial score (nSPS) is 17.9. The van der Waals surface area contributed by atoms with Gasteiger partial charge in [-0.2, -0.15) is 0 Å². The van der Waals surface area contributed by atoms with Crippen molar-refractivity contribution in [2.45, 2.75) is 126 Å². The molecule has 2 unspecified atom stereocenters. The van der Waals surface area contributed by atoms with Crippen molar-refractivity contribution in [2.24, 2.45) is 22.7 Å². The van der Waals surface area contributed by atoms with Gasteiger partial charge in [0.2, 0.25) is 0 Å². The van der Waals surface area contributed by atoms with E-state index < -0.39 is 0 Å². The van der Waals surface area contributed by atoms with E-state index in [1.165, 1.54) is 40.4 Å². The summed E-state index contributed by atoms with van der Waals surface area (Å²) in [7, 11) is 0. The fourth-order valence-corrected chi connectivity index (χ4v) is 7.70. The molecule has 0 fully saturated rings. The fourth-order valence-electron chi connectivity index (χ4n) is 7.70. The molecule has 4 rings (SSSR count). The molecule has 0 aliphatic heterocycles. The minimum Gasteiger partial charge on any atom is -0.470 e. The number of allylic oxidation sites excluding steroid dienone is 3. The zero-order valence-corrected chi connectivity index (χ0v) is 34.0. The van der Waals surface area contributed by atoms with Crippen LogP contribution in [0.1, 0.15) is 126 Å². The lowest BCUT2D eigenvalue weighted by Crippen LogP contribution is -2.35. The maximum Gasteiger partial charge on any atom is 0.279 e. The molecule has 2 atom stereocenters. The molecule has 270 valence electrons. The molecule has 3 aromatic rings. The number of rotatable bonds is 11. The van der Waals surface area contributed by atoms with Gasteiger partial charge in [0.25, 0.3) is 6.71 Å². The first-order valence-corrected chi connectivity index (χ1v) is 18.9. The summed E-state index contributed by atoms with van der Waals surface area (Å²) in [5.74, 6) is 2.94. The summed E-state index contributed by atoms with van der Waals surface area (Å²) in [6, 6.07) is 15.8. The van der Waals surface area contributed by atoms with Gasteiger partial charge in [0.05, 0.1) is 5.66 Å². The number of hydrogen-bond donors (Lipinski definition) is 2. The molecular formula is C46H67BN2O. The molecule has 4 heteroatoms. The zero-order valence-electron chi connectivity index (χ0n) is 34.0. The van der Waals surface area contributed by atoms with Crippen LogP contribution in [0.15, 0.2) is 95.5 Å². The molecule has 1 aliphatic carbocycles. The Kier molecular flexibility index (Phi) is 11.6. The SMILES string of the molecule is C=CC(C(/C=C/NC/C(=C/Nc1ccc(C(C)(C)C)cc1)B(/C=C/C)c1cc2cc3c(cc2o1)C(C)(C)CCC3(C)C)C(C)(C)C)C(C)(C)C. The predicted octanol–water partition coefficient (Wildman–Crippen LogP) is 12.0. The smallest absolute Gasteiger partial charge is 0.279 e. The number of nitrogens with one attached hydrogen (secondary N) is 2. The standard InChI is InChI=1S/C46H67BN2O/c1-16-25-47(41-28-32-27-38-39(29-40(32)50-41)46(14,15)24-23-45(38,12)13)34(31-49-35-20-18-33(19-21-35)42(3,4)5)30-48-26-22-37(44(9,10)11)36(17-2)43(6,7)8/h16-22,25-29,31,36-37,48-49H,2,23-24,30H2,1,3-15H3/b25-16+,26-22+,34-31-. The lowest BCUT2D eigenvalue weighted by Gasteiger charge is -2.41. The lowest BCUT2D eigenvalue weighted by atomic mass is 9.42. The van der Waals surface area contributed by atoms with Gasteiger partial charge in [-0.25, -0.2) is 0 Å². The summed E-state index contributed by atoms with van der Waals surface area (Å²) in [4.78, 5) is 0. The van der Waals surface area contributed by atoms with Crippen molar-refractivity contribution in [1.29, 1.82) is 0 Å². The van der Waals surface area contributed by atoms with Gasteiger partial charge in [-0.05, 0) is 118 Å². The van der Waals surface area contributed by atoms with Crippen LogP contribution < -0.4 is 16.3 Å². The zero-order chi connectivity index (χ0) is 37.3. The van der Waals surface area contributed by atoms with Gasteiger partial charge in [-0.3, -0.25) is 0 Å². The van der Waals surface area contributed by atoms with Crippen LogP contribution in [0.4, 0.5) is 5.69 Å². The predicted molar refractivity (Wildman–Crippen MR) is 222 cm³/mol. The molecule has 0 saturated heterocycles. The average molecular weight is 675 g/mol. The van der Waals surface area contributed by atoms with Crippen LogP contribution in [0.3, 0.4) is 0 Å². The van der Waals surface area contributed by atoms with Crippen molar-refractivity contribution >= 4 is 29.0 Å². The number of anilines is 1. The lowest BCUT2D eigenvalue weighted by molar-refractivity contribution is 0.143. The number of hydrogen-bond acceptors (Lipinski definition) is 3. The van der Waals surface area contributed by atoms with Gasteiger partial charge in [-0.1, -0.05) is 126 Å². The van der Waals surface area contributed by atoms with Gasteiger partial charge in [-0.15, -0.1) is 12.6 Å². The van der Waals surface area contributed by atoms with Gasteiger partial charge >= 0.3 is 0 Å². The van der Waals surface area contributed by atoms with Crippen LogP contribution in [0.5, 0.6) is 0 Å². The maximum atomic E-state index is 6.79. The molecule has 0 saturated carbocycles. The number of furan rings is 1. The van der Waals surface area contributed by atoms with Crippen LogP contribution in [-0.4, -0.2) is 13.3 Å². The molecule has 2 aromatic carbocycles. The van der Waals surface area contributed by atoms with Crippen LogP contribution in [0.2, 0.25) is 0 Å². The molecule has 50 heavy (non-hydrogen) atoms. The van der Waals surface area contributed by atoms with Crippen molar-refractivity contribution in [2.75, 3.05) is 11.9 Å². The second kappa shape index (κ2) is 14.7. The van der Waals surface area contributed by atoms with E-state index in [-0.39, 0.29) is 33.8 Å². The highest BCUT2D eigenvalue weighted by Gasteiger charge is 2.38. The average Bonchev–Trinajstić information content (AvgIpc) is 3.42. The maximum absolute atomic E-state index is 6.79. The van der Waals surface area contributed by atoms with E-state index in [1.54, 1.807) is 0 Å². The quantitative estimate of drug-likeness (QED) is 0.157. The Balaban J connectivity index is 1.74. The minimum atomic E-state index is -0.0402. The van der Waals surface area contributed by atoms with E-state index in [9.17, 15) is 0 Å². The highest BCUT2D eigenvalue weighted by Crippen LogP contribution is 2.47. The number of benzene rings is 2. The van der Waals surface area contributed by atoms with Gasteiger partial charge in [0, 0.05) is 17.6 Å². The third kappa shape index (κ3) is 9.09. The molecule has 2 N–H and O–H groups in total. The molecule has 1 aliphatic rings. The Labute approximate surface area is 306 Å². The first-order chi connectivity index (χ1) is 23.1. The van der Waals surface area contributed by atoms with Crippen molar-refractivity contribution < 1.29 is 4.42 Å². The molecule has 0 radical (unpaired) electrons. The topological polar surface area (TPSA) is 37.2 Å². The summed E-state index contributed by atoms with van der Waals surface area (Å²) in [5.41, 5.74) is 9.00. The summed E-state index contributed by atoms with van der Waals surface area (Å²) in [6.07, 6.45) is 13.3. The van der Waals surface area contributed by atoms with Gasteiger partial charge < -0.3 is 15.1 Å². The summed E-state index contributed by atoms with van der Waals surface area (Å²) < 4.78 is 6.79. The van der Waals surface area contributed by atoms with E-state index in [4.69, 9.17) is 4.42 Å². The van der Waals surface area contributed by atoms with E-state index >= 15 is 0 Å². The Hall–Kier alpha value is -3.40. The monoisotopic (exact) mass is 675 g/mol. The van der Waals surface area contributed by atoms with Crippen molar-refractivity contribution in [3.05, 3.63) is 108 Å². The summed E-state index contributed by atoms with van der Waals surface area (Å²) >= 11 is 0. The van der Waals surface area contributed by atoms with Crippen LogP contribution >= 0.6 is 0 Å². The van der Waals surface area contributed by atoms with Gasteiger partial charge in [0.15, 0.2) is 0 Å².